The van der Waals surface area contributed by atoms with Gasteiger partial charge in [-0.05, 0) is 37.5 Å². The van der Waals surface area contributed by atoms with Gasteiger partial charge in [0.2, 0.25) is 5.91 Å². The first kappa shape index (κ1) is 20.2. The topological polar surface area (TPSA) is 61.9 Å². The van der Waals surface area contributed by atoms with Crippen LogP contribution in [0, 0.1) is 0 Å². The summed E-state index contributed by atoms with van der Waals surface area (Å²) in [5, 5.41) is 2.98. The first-order valence-corrected chi connectivity index (χ1v) is 9.53. The molecular weight excluding hydrogens is 330 g/mol. The second-order valence-corrected chi connectivity index (χ2v) is 6.82. The summed E-state index contributed by atoms with van der Waals surface area (Å²) in [5.41, 5.74) is 1.25. The van der Waals surface area contributed by atoms with Crippen LogP contribution in [0.3, 0.4) is 0 Å². The second-order valence-electron chi connectivity index (χ2n) is 6.82. The Balaban J connectivity index is 1.69. The molecule has 0 saturated carbocycles. The maximum atomic E-state index is 12.3. The molecule has 0 bridgehead atoms. The van der Waals surface area contributed by atoms with E-state index < -0.39 is 0 Å². The molecule has 6 nitrogen and oxygen atoms in total. The number of hydrogen-bond acceptors (Lipinski definition) is 4. The van der Waals surface area contributed by atoms with Gasteiger partial charge < -0.3 is 15.0 Å². The lowest BCUT2D eigenvalue weighted by Gasteiger charge is -2.34. The zero-order valence-electron chi connectivity index (χ0n) is 16.2. The summed E-state index contributed by atoms with van der Waals surface area (Å²) in [4.78, 5) is 28.2. The second kappa shape index (κ2) is 10.2. The molecule has 1 aliphatic heterocycles. The Labute approximate surface area is 156 Å². The SMILES string of the molecule is CCc1ccc(OCC(=O)N2CCN(CC(=O)NC(C)CC)CC2)cc1. The number of carbonyl (C=O) groups excluding carboxylic acids is 2. The number of carbonyl (C=O) groups is 2. The van der Waals surface area contributed by atoms with Crippen LogP contribution >= 0.6 is 0 Å². The molecule has 1 heterocycles. The molecule has 0 spiro atoms. The van der Waals surface area contributed by atoms with Gasteiger partial charge in [0.05, 0.1) is 6.54 Å². The number of piperazine rings is 1. The van der Waals surface area contributed by atoms with Crippen LogP contribution in [0.2, 0.25) is 0 Å². The van der Waals surface area contributed by atoms with Crippen molar-refractivity contribution in [3.8, 4) is 5.75 Å². The number of nitrogens with zero attached hydrogens (tertiary/aromatic N) is 2. The minimum Gasteiger partial charge on any atom is -0.484 e. The highest BCUT2D eigenvalue weighted by molar-refractivity contribution is 5.79. The molecule has 6 heteroatoms. The summed E-state index contributed by atoms with van der Waals surface area (Å²) in [6.07, 6.45) is 1.91. The molecule has 0 aliphatic carbocycles. The lowest BCUT2D eigenvalue weighted by atomic mass is 10.2. The van der Waals surface area contributed by atoms with Crippen LogP contribution in [0.4, 0.5) is 0 Å². The average Bonchev–Trinajstić information content (AvgIpc) is 2.66. The van der Waals surface area contributed by atoms with Gasteiger partial charge in [0.25, 0.3) is 5.91 Å². The fourth-order valence-electron chi connectivity index (χ4n) is 2.84. The third-order valence-electron chi connectivity index (χ3n) is 4.81. The van der Waals surface area contributed by atoms with Crippen molar-refractivity contribution in [1.82, 2.24) is 15.1 Å². The van der Waals surface area contributed by atoms with Crippen molar-refractivity contribution < 1.29 is 14.3 Å². The maximum Gasteiger partial charge on any atom is 0.260 e. The summed E-state index contributed by atoms with van der Waals surface area (Å²) in [6, 6.07) is 8.04. The van der Waals surface area contributed by atoms with Gasteiger partial charge >= 0.3 is 0 Å². The Kier molecular flexibility index (Phi) is 7.91. The van der Waals surface area contributed by atoms with Crippen molar-refractivity contribution in [2.45, 2.75) is 39.7 Å². The fourth-order valence-corrected chi connectivity index (χ4v) is 2.84. The molecule has 1 unspecified atom stereocenters. The van der Waals surface area contributed by atoms with Crippen molar-refractivity contribution >= 4 is 11.8 Å². The molecule has 0 aromatic heterocycles. The van der Waals surface area contributed by atoms with Gasteiger partial charge in [0, 0.05) is 32.2 Å². The van der Waals surface area contributed by atoms with Gasteiger partial charge in [-0.15, -0.1) is 0 Å². The zero-order chi connectivity index (χ0) is 18.9. The molecule has 1 N–H and O–H groups in total. The van der Waals surface area contributed by atoms with Crippen LogP contribution in [0.25, 0.3) is 0 Å². The van der Waals surface area contributed by atoms with E-state index in [2.05, 4.69) is 24.1 Å². The van der Waals surface area contributed by atoms with Crippen molar-refractivity contribution in [3.63, 3.8) is 0 Å². The first-order valence-electron chi connectivity index (χ1n) is 9.53. The molecular formula is C20H31N3O3. The van der Waals surface area contributed by atoms with E-state index >= 15 is 0 Å². The monoisotopic (exact) mass is 361 g/mol. The molecule has 26 heavy (non-hydrogen) atoms. The maximum absolute atomic E-state index is 12.3. The number of aryl methyl sites for hydroxylation is 1. The van der Waals surface area contributed by atoms with Crippen LogP contribution in [0.5, 0.6) is 5.75 Å². The predicted octanol–water partition coefficient (Wildman–Crippen LogP) is 1.69. The molecule has 1 aromatic carbocycles. The Morgan fingerprint density at radius 2 is 1.77 bits per heavy atom. The van der Waals surface area contributed by atoms with Crippen LogP contribution in [-0.4, -0.2) is 67.0 Å². The number of ether oxygens (including phenoxy) is 1. The van der Waals surface area contributed by atoms with E-state index in [9.17, 15) is 9.59 Å². The summed E-state index contributed by atoms with van der Waals surface area (Å²) >= 11 is 0. The van der Waals surface area contributed by atoms with Crippen LogP contribution in [-0.2, 0) is 16.0 Å². The summed E-state index contributed by atoms with van der Waals surface area (Å²) in [5.74, 6) is 0.766. The number of rotatable bonds is 8. The molecule has 1 fully saturated rings. The summed E-state index contributed by atoms with van der Waals surface area (Å²) in [6.45, 7) is 9.30. The van der Waals surface area contributed by atoms with Crippen molar-refractivity contribution in [2.75, 3.05) is 39.3 Å². The number of nitrogens with one attached hydrogen (secondary N) is 1. The largest absolute Gasteiger partial charge is 0.484 e. The third kappa shape index (κ3) is 6.33. The van der Waals surface area contributed by atoms with Gasteiger partial charge in [-0.1, -0.05) is 26.0 Å². The Bertz CT molecular complexity index is 580. The fraction of sp³-hybridized carbons (Fsp3) is 0.600. The lowest BCUT2D eigenvalue weighted by molar-refractivity contribution is -0.135. The minimum atomic E-state index is -0.00623. The normalized spacial score (nSPS) is 16.2. The van der Waals surface area contributed by atoms with E-state index in [1.54, 1.807) is 0 Å². The highest BCUT2D eigenvalue weighted by Gasteiger charge is 2.22. The molecule has 144 valence electrons. The van der Waals surface area contributed by atoms with E-state index in [0.717, 1.165) is 18.6 Å². The van der Waals surface area contributed by atoms with E-state index in [-0.39, 0.29) is 24.5 Å². The molecule has 0 radical (unpaired) electrons. The van der Waals surface area contributed by atoms with Gasteiger partial charge in [-0.2, -0.15) is 0 Å². The zero-order valence-corrected chi connectivity index (χ0v) is 16.2. The quantitative estimate of drug-likeness (QED) is 0.765. The van der Waals surface area contributed by atoms with Crippen LogP contribution < -0.4 is 10.1 Å². The molecule has 2 rings (SSSR count). The molecule has 1 aromatic rings. The predicted molar refractivity (Wildman–Crippen MR) is 102 cm³/mol. The van der Waals surface area contributed by atoms with Crippen molar-refractivity contribution in [1.29, 1.82) is 0 Å². The Hall–Kier alpha value is -2.08. The number of amides is 2. The minimum absolute atomic E-state index is 0.00623. The smallest absolute Gasteiger partial charge is 0.260 e. The first-order chi connectivity index (χ1) is 12.5. The summed E-state index contributed by atoms with van der Waals surface area (Å²) < 4.78 is 5.60. The van der Waals surface area contributed by atoms with Crippen LogP contribution in [0.1, 0.15) is 32.8 Å². The molecule has 1 aliphatic rings. The lowest BCUT2D eigenvalue weighted by Crippen LogP contribution is -2.52. The van der Waals surface area contributed by atoms with E-state index in [4.69, 9.17) is 4.74 Å². The van der Waals surface area contributed by atoms with Gasteiger partial charge in [0.1, 0.15) is 5.75 Å². The number of benzene rings is 1. The average molecular weight is 361 g/mol. The van der Waals surface area contributed by atoms with E-state index in [1.165, 1.54) is 5.56 Å². The highest BCUT2D eigenvalue weighted by atomic mass is 16.5. The number of hydrogen-bond donors (Lipinski definition) is 1. The van der Waals surface area contributed by atoms with Gasteiger partial charge in [0.15, 0.2) is 6.61 Å². The van der Waals surface area contributed by atoms with Crippen molar-refractivity contribution in [3.05, 3.63) is 29.8 Å². The Morgan fingerprint density at radius 3 is 2.35 bits per heavy atom. The summed E-state index contributed by atoms with van der Waals surface area (Å²) in [7, 11) is 0. The molecule has 2 amide bonds. The van der Waals surface area contributed by atoms with Crippen molar-refractivity contribution in [2.24, 2.45) is 0 Å². The van der Waals surface area contributed by atoms with Gasteiger partial charge in [-0.3, -0.25) is 14.5 Å². The molecule has 1 atom stereocenters. The van der Waals surface area contributed by atoms with E-state index in [1.807, 2.05) is 36.1 Å². The standard InChI is InChI=1S/C20H31N3O3/c1-4-16(3)21-19(24)14-22-10-12-23(13-11-22)20(25)15-26-18-8-6-17(5-2)7-9-18/h6-9,16H,4-5,10-15H2,1-3H3,(H,21,24). The Morgan fingerprint density at radius 1 is 1.12 bits per heavy atom. The molecule has 1 saturated heterocycles. The highest BCUT2D eigenvalue weighted by Crippen LogP contribution is 2.13. The van der Waals surface area contributed by atoms with Gasteiger partial charge in [-0.25, -0.2) is 0 Å². The van der Waals surface area contributed by atoms with Crippen LogP contribution in [0.15, 0.2) is 24.3 Å². The van der Waals surface area contributed by atoms with E-state index in [0.29, 0.717) is 32.7 Å². The third-order valence-corrected chi connectivity index (χ3v) is 4.81.